The summed E-state index contributed by atoms with van der Waals surface area (Å²) in [5, 5.41) is 11.3. The molecule has 0 atom stereocenters. The van der Waals surface area contributed by atoms with Crippen molar-refractivity contribution in [2.45, 2.75) is 13.2 Å². The Bertz CT molecular complexity index is 545. The van der Waals surface area contributed by atoms with Gasteiger partial charge in [-0.25, -0.2) is 4.98 Å². The first kappa shape index (κ1) is 10.5. The normalized spacial score (nSPS) is 10.3. The van der Waals surface area contributed by atoms with Gasteiger partial charge in [0.05, 0.1) is 16.2 Å². The van der Waals surface area contributed by atoms with Crippen molar-refractivity contribution in [3.63, 3.8) is 0 Å². The predicted molar refractivity (Wildman–Crippen MR) is 62.1 cm³/mol. The summed E-state index contributed by atoms with van der Waals surface area (Å²) in [4.78, 5) is 18.5. The fraction of sp³-hybridized carbons (Fsp3) is 0.200. The number of hydrogen-bond donors (Lipinski definition) is 0. The molecular weight excluding hydrogens is 205 g/mol. The number of non-ortho nitro benzene ring substituents is 1. The van der Waals surface area contributed by atoms with Gasteiger partial charge in [-0.05, 0) is 6.07 Å². The lowest BCUT2D eigenvalue weighted by molar-refractivity contribution is -0.384. The Labute approximate surface area is 92.9 Å². The van der Waals surface area contributed by atoms with Crippen LogP contribution in [-0.4, -0.2) is 22.2 Å². The highest BCUT2D eigenvalue weighted by Gasteiger charge is 2.07. The van der Waals surface area contributed by atoms with Crippen molar-refractivity contribution in [3.8, 4) is 0 Å². The van der Waals surface area contributed by atoms with E-state index < -0.39 is 4.92 Å². The van der Waals surface area contributed by atoms with Crippen LogP contribution in [-0.2, 0) is 0 Å². The van der Waals surface area contributed by atoms with Crippen LogP contribution in [0.1, 0.15) is 6.92 Å². The van der Waals surface area contributed by atoms with Crippen molar-refractivity contribution in [1.82, 2.24) is 9.97 Å². The van der Waals surface area contributed by atoms with Gasteiger partial charge in [-0.1, -0.05) is 13.2 Å². The summed E-state index contributed by atoms with van der Waals surface area (Å²) in [7, 11) is 1.90. The molecule has 0 N–H and O–H groups in total. The second kappa shape index (κ2) is 4.26. The average molecular weight is 214 g/mol. The van der Waals surface area contributed by atoms with Gasteiger partial charge in [0.15, 0.2) is 0 Å². The van der Waals surface area contributed by atoms with E-state index in [1.165, 1.54) is 12.1 Å². The zero-order valence-electron chi connectivity index (χ0n) is 8.75. The van der Waals surface area contributed by atoms with E-state index in [2.05, 4.69) is 9.97 Å². The van der Waals surface area contributed by atoms with Gasteiger partial charge in [0.1, 0.15) is 0 Å². The fourth-order valence-electron chi connectivity index (χ4n) is 1.43. The summed E-state index contributed by atoms with van der Waals surface area (Å²) < 4.78 is 0. The first-order valence-electron chi connectivity index (χ1n) is 4.95. The number of nitrogens with zero attached hydrogens (tertiary/aromatic N) is 3. The van der Waals surface area contributed by atoms with Crippen molar-refractivity contribution < 1.29 is 4.92 Å². The third kappa shape index (κ3) is 2.00. The molecule has 1 heterocycles. The van der Waals surface area contributed by atoms with Crippen LogP contribution in [0.3, 0.4) is 0 Å². The van der Waals surface area contributed by atoms with Gasteiger partial charge in [-0.15, -0.1) is 0 Å². The molecule has 5 nitrogen and oxygen atoms in total. The molecule has 79 valence electrons. The molecule has 0 saturated heterocycles. The highest BCUT2D eigenvalue weighted by atomic mass is 16.6. The van der Waals surface area contributed by atoms with E-state index in [1.54, 1.807) is 12.3 Å². The molecule has 1 radical (unpaired) electrons. The second-order valence-electron chi connectivity index (χ2n) is 3.34. The first-order chi connectivity index (χ1) is 7.70. The number of benzene rings is 1. The molecule has 0 saturated carbocycles. The molecular formula is C10H9BN3O2. The summed E-state index contributed by atoms with van der Waals surface area (Å²) in [5.74, 6) is 0. The molecule has 0 bridgehead atoms. The lowest BCUT2D eigenvalue weighted by atomic mass is 9.74. The van der Waals surface area contributed by atoms with Crippen LogP contribution in [0.5, 0.6) is 0 Å². The molecule has 0 fully saturated rings. The molecule has 0 unspecified atom stereocenters. The molecule has 0 spiro atoms. The Hall–Kier alpha value is -1.98. The smallest absolute Gasteiger partial charge is 0.258 e. The highest BCUT2D eigenvalue weighted by molar-refractivity contribution is 6.51. The molecule has 2 aromatic rings. The Morgan fingerprint density at radius 2 is 2.31 bits per heavy atom. The topological polar surface area (TPSA) is 68.9 Å². The molecule has 0 aliphatic rings. The van der Waals surface area contributed by atoms with Gasteiger partial charge < -0.3 is 0 Å². The van der Waals surface area contributed by atoms with E-state index in [9.17, 15) is 10.1 Å². The number of nitro benzene ring substituents is 1. The number of nitro groups is 1. The van der Waals surface area contributed by atoms with Gasteiger partial charge in [-0.2, -0.15) is 0 Å². The summed E-state index contributed by atoms with van der Waals surface area (Å²) in [6.07, 6.45) is 2.47. The van der Waals surface area contributed by atoms with Crippen molar-refractivity contribution >= 4 is 29.6 Å². The minimum Gasteiger partial charge on any atom is -0.258 e. The summed E-state index contributed by atoms with van der Waals surface area (Å²) in [6.45, 7) is 2.00. The lowest BCUT2D eigenvalue weighted by Crippen LogP contribution is -2.20. The first-order valence-corrected chi connectivity index (χ1v) is 4.95. The minimum absolute atomic E-state index is 0.0586. The van der Waals surface area contributed by atoms with Gasteiger partial charge in [0, 0.05) is 23.7 Å². The van der Waals surface area contributed by atoms with E-state index in [-0.39, 0.29) is 5.69 Å². The zero-order valence-corrected chi connectivity index (χ0v) is 8.75. The third-order valence-electron chi connectivity index (χ3n) is 2.18. The highest BCUT2D eigenvalue weighted by Crippen LogP contribution is 2.17. The van der Waals surface area contributed by atoms with Crippen molar-refractivity contribution in [2.75, 3.05) is 0 Å². The third-order valence-corrected chi connectivity index (χ3v) is 2.18. The molecule has 2 rings (SSSR count). The van der Waals surface area contributed by atoms with E-state index >= 15 is 0 Å². The van der Waals surface area contributed by atoms with E-state index in [1.807, 2.05) is 14.2 Å². The van der Waals surface area contributed by atoms with E-state index in [0.717, 1.165) is 11.8 Å². The Morgan fingerprint density at radius 1 is 1.50 bits per heavy atom. The summed E-state index contributed by atoms with van der Waals surface area (Å²) >= 11 is 0. The molecule has 0 amide bonds. The average Bonchev–Trinajstić information content (AvgIpc) is 2.28. The second-order valence-corrected chi connectivity index (χ2v) is 3.34. The van der Waals surface area contributed by atoms with Gasteiger partial charge in [0.2, 0.25) is 7.28 Å². The largest absolute Gasteiger partial charge is 0.270 e. The Morgan fingerprint density at radius 3 is 3.00 bits per heavy atom. The molecule has 6 heteroatoms. The molecule has 0 aliphatic heterocycles. The maximum absolute atomic E-state index is 10.6. The van der Waals surface area contributed by atoms with Gasteiger partial charge in [0.25, 0.3) is 5.69 Å². The van der Waals surface area contributed by atoms with Crippen molar-refractivity contribution in [3.05, 3.63) is 34.5 Å². The van der Waals surface area contributed by atoms with Crippen molar-refractivity contribution in [2.24, 2.45) is 0 Å². The lowest BCUT2D eigenvalue weighted by Gasteiger charge is -1.99. The number of fused-ring (bicyclic) bond motifs is 1. The summed E-state index contributed by atoms with van der Waals surface area (Å²) in [6, 6.07) is 4.57. The minimum atomic E-state index is -0.425. The van der Waals surface area contributed by atoms with Crippen LogP contribution in [0.2, 0.25) is 6.32 Å². The SMILES string of the molecule is CC[B]c1ncc2cc([N+](=O)[O-])ccc2n1. The Balaban J connectivity index is 2.48. The maximum atomic E-state index is 10.6. The van der Waals surface area contributed by atoms with E-state index in [0.29, 0.717) is 11.1 Å². The van der Waals surface area contributed by atoms with Crippen LogP contribution in [0.4, 0.5) is 5.69 Å². The predicted octanol–water partition coefficient (Wildman–Crippen LogP) is 1.31. The standard InChI is InChI=1S/C10H9BN3O2/c1-2-11-10-12-6-7-5-8(14(15)16)3-4-9(7)13-10/h3-6H,2H2,1H3. The molecule has 16 heavy (non-hydrogen) atoms. The fourth-order valence-corrected chi connectivity index (χ4v) is 1.43. The Kier molecular flexibility index (Phi) is 2.81. The van der Waals surface area contributed by atoms with Crippen LogP contribution < -0.4 is 5.72 Å². The number of hydrogen-bond acceptors (Lipinski definition) is 4. The quantitative estimate of drug-likeness (QED) is 0.438. The molecule has 1 aromatic heterocycles. The van der Waals surface area contributed by atoms with Gasteiger partial charge in [-0.3, -0.25) is 15.1 Å². The van der Waals surface area contributed by atoms with E-state index in [4.69, 9.17) is 0 Å². The van der Waals surface area contributed by atoms with Crippen molar-refractivity contribution in [1.29, 1.82) is 0 Å². The number of aromatic nitrogens is 2. The van der Waals surface area contributed by atoms with Gasteiger partial charge >= 0.3 is 0 Å². The van der Waals surface area contributed by atoms with Crippen LogP contribution >= 0.6 is 0 Å². The molecule has 0 aliphatic carbocycles. The summed E-state index contributed by atoms with van der Waals surface area (Å²) in [5.41, 5.74) is 1.44. The molecule has 1 aromatic carbocycles. The zero-order chi connectivity index (χ0) is 11.5. The van der Waals surface area contributed by atoms with Crippen LogP contribution in [0.15, 0.2) is 24.4 Å². The monoisotopic (exact) mass is 214 g/mol. The number of rotatable bonds is 3. The van der Waals surface area contributed by atoms with Crippen LogP contribution in [0, 0.1) is 10.1 Å². The maximum Gasteiger partial charge on any atom is 0.270 e. The van der Waals surface area contributed by atoms with Crippen LogP contribution in [0.25, 0.3) is 10.9 Å².